The summed E-state index contributed by atoms with van der Waals surface area (Å²) < 4.78 is 0. The Bertz CT molecular complexity index is 415. The first-order valence-corrected chi connectivity index (χ1v) is 7.93. The second-order valence-electron chi connectivity index (χ2n) is 6.16. The lowest BCUT2D eigenvalue weighted by Crippen LogP contribution is -2.28. The molecule has 4 unspecified atom stereocenters. The zero-order chi connectivity index (χ0) is 12.7. The first-order chi connectivity index (χ1) is 8.63. The van der Waals surface area contributed by atoms with Crippen LogP contribution in [-0.2, 0) is 0 Å². The maximum Gasteiger partial charge on any atom is 0.185 e. The van der Waals surface area contributed by atoms with Gasteiger partial charge in [-0.2, -0.15) is 0 Å². The van der Waals surface area contributed by atoms with Crippen LogP contribution in [0, 0.1) is 17.8 Å². The number of thiazole rings is 1. The molecule has 3 rings (SSSR count). The highest BCUT2D eigenvalue weighted by atomic mass is 32.1. The maximum atomic E-state index is 5.87. The van der Waals surface area contributed by atoms with Crippen LogP contribution < -0.4 is 10.6 Å². The molecule has 2 N–H and O–H groups in total. The molecule has 4 heteroatoms. The standard InChI is InChI=1S/C14H23N3S/c1-9(15)13-8-18-14(16-13)17(2)7-12-6-10-3-4-11(12)5-10/h8-12H,3-7,15H2,1-2H3. The van der Waals surface area contributed by atoms with Gasteiger partial charge < -0.3 is 10.6 Å². The van der Waals surface area contributed by atoms with Crippen molar-refractivity contribution in [2.24, 2.45) is 23.5 Å². The molecule has 0 radical (unpaired) electrons. The molecular formula is C14H23N3S. The minimum absolute atomic E-state index is 0.0471. The second-order valence-corrected chi connectivity index (χ2v) is 7.00. The van der Waals surface area contributed by atoms with Crippen molar-refractivity contribution in [2.45, 2.75) is 38.6 Å². The summed E-state index contributed by atoms with van der Waals surface area (Å²) in [6, 6.07) is 0.0471. The Balaban J connectivity index is 1.62. The molecule has 0 saturated heterocycles. The maximum absolute atomic E-state index is 5.87. The van der Waals surface area contributed by atoms with Crippen molar-refractivity contribution < 1.29 is 0 Å². The van der Waals surface area contributed by atoms with Crippen molar-refractivity contribution in [3.8, 4) is 0 Å². The topological polar surface area (TPSA) is 42.1 Å². The van der Waals surface area contributed by atoms with E-state index in [0.29, 0.717) is 0 Å². The fraction of sp³-hybridized carbons (Fsp3) is 0.786. The van der Waals surface area contributed by atoms with E-state index in [4.69, 9.17) is 5.73 Å². The predicted molar refractivity (Wildman–Crippen MR) is 76.9 cm³/mol. The fourth-order valence-corrected chi connectivity index (χ4v) is 4.60. The number of anilines is 1. The van der Waals surface area contributed by atoms with Crippen LogP contribution in [0.5, 0.6) is 0 Å². The smallest absolute Gasteiger partial charge is 0.185 e. The van der Waals surface area contributed by atoms with Crippen molar-refractivity contribution in [1.82, 2.24) is 4.98 Å². The van der Waals surface area contributed by atoms with Crippen molar-refractivity contribution >= 4 is 16.5 Å². The lowest BCUT2D eigenvalue weighted by atomic mass is 9.88. The van der Waals surface area contributed by atoms with E-state index in [0.717, 1.165) is 28.6 Å². The molecule has 2 fully saturated rings. The molecule has 2 aliphatic carbocycles. The summed E-state index contributed by atoms with van der Waals surface area (Å²) in [6.45, 7) is 3.17. The highest BCUT2D eigenvalue weighted by Crippen LogP contribution is 2.48. The number of hydrogen-bond acceptors (Lipinski definition) is 4. The van der Waals surface area contributed by atoms with Gasteiger partial charge in [0, 0.05) is 25.0 Å². The molecular weight excluding hydrogens is 242 g/mol. The average molecular weight is 265 g/mol. The third-order valence-corrected chi connectivity index (χ3v) is 5.67. The van der Waals surface area contributed by atoms with Gasteiger partial charge in [-0.1, -0.05) is 6.42 Å². The van der Waals surface area contributed by atoms with E-state index in [2.05, 4.69) is 22.3 Å². The molecule has 2 aliphatic rings. The van der Waals surface area contributed by atoms with E-state index < -0.39 is 0 Å². The van der Waals surface area contributed by atoms with Gasteiger partial charge in [0.1, 0.15) is 0 Å². The number of aromatic nitrogens is 1. The third-order valence-electron chi connectivity index (χ3n) is 4.70. The largest absolute Gasteiger partial charge is 0.351 e. The molecule has 3 nitrogen and oxygen atoms in total. The van der Waals surface area contributed by atoms with Crippen LogP contribution in [0.3, 0.4) is 0 Å². The van der Waals surface area contributed by atoms with E-state index >= 15 is 0 Å². The van der Waals surface area contributed by atoms with Crippen LogP contribution in [0.1, 0.15) is 44.3 Å². The van der Waals surface area contributed by atoms with Gasteiger partial charge in [-0.15, -0.1) is 11.3 Å². The number of nitrogens with two attached hydrogens (primary N) is 1. The summed E-state index contributed by atoms with van der Waals surface area (Å²) in [5.74, 6) is 2.92. The van der Waals surface area contributed by atoms with Gasteiger partial charge in [-0.3, -0.25) is 0 Å². The van der Waals surface area contributed by atoms with Crippen LogP contribution in [0.4, 0.5) is 5.13 Å². The first-order valence-electron chi connectivity index (χ1n) is 7.05. The fourth-order valence-electron chi connectivity index (χ4n) is 3.69. The molecule has 100 valence electrons. The third kappa shape index (κ3) is 2.28. The van der Waals surface area contributed by atoms with Gasteiger partial charge >= 0.3 is 0 Å². The summed E-state index contributed by atoms with van der Waals surface area (Å²) in [6.07, 6.45) is 5.88. The van der Waals surface area contributed by atoms with E-state index in [1.165, 1.54) is 32.2 Å². The van der Waals surface area contributed by atoms with Crippen LogP contribution in [0.25, 0.3) is 0 Å². The first kappa shape index (κ1) is 12.4. The number of hydrogen-bond donors (Lipinski definition) is 1. The summed E-state index contributed by atoms with van der Waals surface area (Å²) in [4.78, 5) is 6.97. The predicted octanol–water partition coefficient (Wildman–Crippen LogP) is 3.04. The monoisotopic (exact) mass is 265 g/mol. The molecule has 0 spiro atoms. The SMILES string of the molecule is CC(N)c1csc(N(C)CC2CC3CCC2C3)n1. The molecule has 0 amide bonds. The number of nitrogens with zero attached hydrogens (tertiary/aromatic N) is 2. The van der Waals surface area contributed by atoms with Crippen molar-refractivity contribution in [3.63, 3.8) is 0 Å². The molecule has 1 aromatic heterocycles. The Labute approximate surface area is 113 Å². The molecule has 0 aromatic carbocycles. The molecule has 1 aromatic rings. The van der Waals surface area contributed by atoms with Gasteiger partial charge in [-0.25, -0.2) is 4.98 Å². The molecule has 18 heavy (non-hydrogen) atoms. The van der Waals surface area contributed by atoms with Gasteiger partial charge in [0.25, 0.3) is 0 Å². The Morgan fingerprint density at radius 3 is 2.89 bits per heavy atom. The number of rotatable bonds is 4. The van der Waals surface area contributed by atoms with Crippen LogP contribution in [0.15, 0.2) is 5.38 Å². The molecule has 1 heterocycles. The van der Waals surface area contributed by atoms with E-state index in [9.17, 15) is 0 Å². The average Bonchev–Trinajstić information content (AvgIpc) is 3.04. The van der Waals surface area contributed by atoms with Crippen molar-refractivity contribution in [2.75, 3.05) is 18.5 Å². The quantitative estimate of drug-likeness (QED) is 0.910. The van der Waals surface area contributed by atoms with Crippen molar-refractivity contribution in [1.29, 1.82) is 0 Å². The molecule has 4 atom stereocenters. The van der Waals surface area contributed by atoms with Gasteiger partial charge in [-0.05, 0) is 43.9 Å². The van der Waals surface area contributed by atoms with Gasteiger partial charge in [0.05, 0.1) is 5.69 Å². The minimum atomic E-state index is 0.0471. The second kappa shape index (κ2) is 4.82. The zero-order valence-electron chi connectivity index (χ0n) is 11.3. The summed E-state index contributed by atoms with van der Waals surface area (Å²) >= 11 is 1.72. The molecule has 0 aliphatic heterocycles. The number of fused-ring (bicyclic) bond motifs is 2. The highest BCUT2D eigenvalue weighted by molar-refractivity contribution is 7.13. The summed E-state index contributed by atoms with van der Waals surface area (Å²) in [5, 5.41) is 3.22. The van der Waals surface area contributed by atoms with Gasteiger partial charge in [0.2, 0.25) is 0 Å². The van der Waals surface area contributed by atoms with E-state index in [1.807, 2.05) is 6.92 Å². The van der Waals surface area contributed by atoms with Crippen LogP contribution in [0.2, 0.25) is 0 Å². The van der Waals surface area contributed by atoms with Crippen LogP contribution in [-0.4, -0.2) is 18.6 Å². The molecule has 2 saturated carbocycles. The lowest BCUT2D eigenvalue weighted by Gasteiger charge is -2.26. The lowest BCUT2D eigenvalue weighted by molar-refractivity contribution is 0.337. The Morgan fingerprint density at radius 2 is 2.33 bits per heavy atom. The molecule has 2 bridgehead atoms. The Hall–Kier alpha value is -0.610. The minimum Gasteiger partial charge on any atom is -0.351 e. The zero-order valence-corrected chi connectivity index (χ0v) is 12.1. The van der Waals surface area contributed by atoms with E-state index in [-0.39, 0.29) is 6.04 Å². The van der Waals surface area contributed by atoms with E-state index in [1.54, 1.807) is 11.3 Å². The van der Waals surface area contributed by atoms with Gasteiger partial charge in [0.15, 0.2) is 5.13 Å². The Kier molecular flexibility index (Phi) is 3.32. The van der Waals surface area contributed by atoms with Crippen LogP contribution >= 0.6 is 11.3 Å². The summed E-state index contributed by atoms with van der Waals surface area (Å²) in [7, 11) is 2.18. The summed E-state index contributed by atoms with van der Waals surface area (Å²) in [5.41, 5.74) is 6.89. The highest BCUT2D eigenvalue weighted by Gasteiger charge is 2.39. The normalized spacial score (nSPS) is 31.8. The Morgan fingerprint density at radius 1 is 1.50 bits per heavy atom. The van der Waals surface area contributed by atoms with Crippen molar-refractivity contribution in [3.05, 3.63) is 11.1 Å².